The number of hydrogen-bond acceptors (Lipinski definition) is 4. The second-order valence-electron chi connectivity index (χ2n) is 8.80. The first kappa shape index (κ1) is 25.2. The molecular formula is C28H22BrClFN5O. The van der Waals surface area contributed by atoms with E-state index in [4.69, 9.17) is 11.6 Å². The van der Waals surface area contributed by atoms with Crippen molar-refractivity contribution in [1.82, 2.24) is 19.8 Å². The summed E-state index contributed by atoms with van der Waals surface area (Å²) in [4.78, 5) is 19.7. The van der Waals surface area contributed by atoms with Crippen LogP contribution in [0.4, 0.5) is 9.18 Å². The number of rotatable bonds is 5. The van der Waals surface area contributed by atoms with Crippen molar-refractivity contribution in [3.63, 3.8) is 0 Å². The first-order valence-corrected chi connectivity index (χ1v) is 12.9. The smallest absolute Gasteiger partial charge is 0.326 e. The topological polar surface area (TPSA) is 74.0 Å². The molecule has 1 amide bonds. The van der Waals surface area contributed by atoms with Crippen LogP contribution in [0.3, 0.4) is 0 Å². The highest BCUT2D eigenvalue weighted by Crippen LogP contribution is 2.32. The van der Waals surface area contributed by atoms with Gasteiger partial charge in [-0.15, -0.1) is 0 Å². The van der Waals surface area contributed by atoms with Gasteiger partial charge in [0.2, 0.25) is 0 Å². The van der Waals surface area contributed by atoms with Crippen molar-refractivity contribution in [2.75, 3.05) is 13.1 Å². The fraction of sp³-hybridized carbons (Fsp3) is 0.179. The van der Waals surface area contributed by atoms with Crippen LogP contribution in [0.5, 0.6) is 0 Å². The molecule has 0 spiro atoms. The highest BCUT2D eigenvalue weighted by atomic mass is 79.9. The highest BCUT2D eigenvalue weighted by Gasteiger charge is 2.26. The van der Waals surface area contributed by atoms with E-state index < -0.39 is 0 Å². The molecule has 0 atom stereocenters. The normalized spacial score (nSPS) is 13.6. The molecule has 1 aliphatic heterocycles. The second-order valence-corrected chi connectivity index (χ2v) is 10.1. The third-order valence-electron chi connectivity index (χ3n) is 6.42. The summed E-state index contributed by atoms with van der Waals surface area (Å²) in [6.07, 6.45) is 6.04. The Bertz CT molecular complexity index is 1580. The standard InChI is InChI=1S/C28H22BrClFN5O/c29-27-13-19(7-9-33-27)16-34-28(37)36-25-6-3-18(15-32)12-22(25)23-17-35(11-8-26(23)36)10-1-2-20-4-5-21(30)14-24(20)31/h1-7,9,12-14H,8,10-11,16-17H2,(H,34,37)/b2-1+. The second kappa shape index (κ2) is 10.9. The maximum absolute atomic E-state index is 14.1. The number of aromatic nitrogens is 2. The van der Waals surface area contributed by atoms with Crippen molar-refractivity contribution in [3.05, 3.63) is 104 Å². The molecule has 0 unspecified atom stereocenters. The van der Waals surface area contributed by atoms with Crippen LogP contribution in [0.2, 0.25) is 5.02 Å². The minimum atomic E-state index is -0.359. The fourth-order valence-electron chi connectivity index (χ4n) is 4.65. The summed E-state index contributed by atoms with van der Waals surface area (Å²) in [7, 11) is 0. The van der Waals surface area contributed by atoms with Crippen LogP contribution < -0.4 is 5.32 Å². The summed E-state index contributed by atoms with van der Waals surface area (Å²) < 4.78 is 16.5. The monoisotopic (exact) mass is 577 g/mol. The third kappa shape index (κ3) is 5.44. The van der Waals surface area contributed by atoms with Crippen molar-refractivity contribution in [1.29, 1.82) is 5.26 Å². The van der Waals surface area contributed by atoms with Crippen LogP contribution in [0.1, 0.15) is 27.9 Å². The van der Waals surface area contributed by atoms with Gasteiger partial charge >= 0.3 is 6.03 Å². The van der Waals surface area contributed by atoms with Gasteiger partial charge < -0.3 is 5.32 Å². The Balaban J connectivity index is 1.39. The molecule has 4 aromatic rings. The van der Waals surface area contributed by atoms with Crippen LogP contribution in [-0.2, 0) is 19.5 Å². The lowest BCUT2D eigenvalue weighted by molar-refractivity contribution is 0.240. The lowest BCUT2D eigenvalue weighted by atomic mass is 10.0. The van der Waals surface area contributed by atoms with Gasteiger partial charge in [0, 0.05) is 60.5 Å². The Labute approximate surface area is 227 Å². The summed E-state index contributed by atoms with van der Waals surface area (Å²) in [6.45, 7) is 2.34. The number of nitrogens with one attached hydrogen (secondary N) is 1. The molecule has 186 valence electrons. The number of nitrogens with zero attached hydrogens (tertiary/aromatic N) is 4. The summed E-state index contributed by atoms with van der Waals surface area (Å²) in [6, 6.07) is 15.7. The van der Waals surface area contributed by atoms with E-state index in [0.717, 1.165) is 34.3 Å². The van der Waals surface area contributed by atoms with Crippen molar-refractivity contribution < 1.29 is 9.18 Å². The van der Waals surface area contributed by atoms with E-state index in [1.165, 1.54) is 6.07 Å². The van der Waals surface area contributed by atoms with Crippen molar-refractivity contribution in [2.45, 2.75) is 19.5 Å². The summed E-state index contributed by atoms with van der Waals surface area (Å²) in [5, 5.41) is 13.7. The number of pyridine rings is 1. The molecule has 0 bridgehead atoms. The minimum absolute atomic E-state index is 0.213. The maximum atomic E-state index is 14.1. The predicted octanol–water partition coefficient (Wildman–Crippen LogP) is 6.29. The van der Waals surface area contributed by atoms with Crippen LogP contribution in [-0.4, -0.2) is 33.6 Å². The number of benzene rings is 2. The van der Waals surface area contributed by atoms with Gasteiger partial charge in [0.1, 0.15) is 10.4 Å². The number of halogens is 3. The van der Waals surface area contributed by atoms with E-state index in [9.17, 15) is 14.4 Å². The zero-order valence-corrected chi connectivity index (χ0v) is 22.1. The first-order chi connectivity index (χ1) is 17.9. The molecule has 2 aromatic heterocycles. The number of nitriles is 1. The van der Waals surface area contributed by atoms with E-state index in [0.29, 0.717) is 46.8 Å². The number of carbonyl (C=O) groups is 1. The van der Waals surface area contributed by atoms with Gasteiger partial charge in [0.25, 0.3) is 0 Å². The molecule has 0 radical (unpaired) electrons. The van der Waals surface area contributed by atoms with Crippen LogP contribution >= 0.6 is 27.5 Å². The summed E-state index contributed by atoms with van der Waals surface area (Å²) in [5.41, 5.74) is 4.72. The molecule has 0 saturated carbocycles. The summed E-state index contributed by atoms with van der Waals surface area (Å²) in [5.74, 6) is -0.359. The number of amides is 1. The minimum Gasteiger partial charge on any atom is -0.333 e. The van der Waals surface area contributed by atoms with E-state index >= 15 is 0 Å². The third-order valence-corrected chi connectivity index (χ3v) is 7.09. The van der Waals surface area contributed by atoms with Crippen molar-refractivity contribution in [2.24, 2.45) is 0 Å². The molecule has 2 aromatic carbocycles. The van der Waals surface area contributed by atoms with Gasteiger partial charge in [0.15, 0.2) is 0 Å². The first-order valence-electron chi connectivity index (χ1n) is 11.7. The molecule has 0 saturated heterocycles. The van der Waals surface area contributed by atoms with E-state index in [2.05, 4.69) is 37.2 Å². The molecular weight excluding hydrogens is 557 g/mol. The molecule has 3 heterocycles. The lowest BCUT2D eigenvalue weighted by Crippen LogP contribution is -2.34. The van der Waals surface area contributed by atoms with Gasteiger partial charge in [-0.1, -0.05) is 29.8 Å². The molecule has 6 nitrogen and oxygen atoms in total. The maximum Gasteiger partial charge on any atom is 0.326 e. The van der Waals surface area contributed by atoms with Crippen molar-refractivity contribution in [3.8, 4) is 6.07 Å². The van der Waals surface area contributed by atoms with Gasteiger partial charge in [-0.05, 0) is 69.5 Å². The SMILES string of the molecule is N#Cc1ccc2c(c1)c1c(n2C(=O)NCc2ccnc(Br)c2)CCN(C/C=C/c2ccc(Cl)cc2F)C1. The predicted molar refractivity (Wildman–Crippen MR) is 146 cm³/mol. The number of hydrogen-bond donors (Lipinski definition) is 1. The summed E-state index contributed by atoms with van der Waals surface area (Å²) >= 11 is 9.20. The lowest BCUT2D eigenvalue weighted by Gasteiger charge is -2.27. The molecule has 37 heavy (non-hydrogen) atoms. The van der Waals surface area contributed by atoms with Gasteiger partial charge in [0.05, 0.1) is 17.1 Å². The number of carbonyl (C=O) groups excluding carboxylic acids is 1. The molecule has 1 aliphatic rings. The van der Waals surface area contributed by atoms with Gasteiger partial charge in [-0.25, -0.2) is 14.2 Å². The van der Waals surface area contributed by atoms with E-state index in [1.807, 2.05) is 30.3 Å². The van der Waals surface area contributed by atoms with Crippen molar-refractivity contribution >= 4 is 50.5 Å². The van der Waals surface area contributed by atoms with E-state index in [1.54, 1.807) is 35.0 Å². The number of fused-ring (bicyclic) bond motifs is 3. The fourth-order valence-corrected chi connectivity index (χ4v) is 5.22. The zero-order valence-electron chi connectivity index (χ0n) is 19.7. The average molecular weight is 579 g/mol. The molecule has 1 N–H and O–H groups in total. The molecule has 0 fully saturated rings. The molecule has 0 aliphatic carbocycles. The molecule has 9 heteroatoms. The van der Waals surface area contributed by atoms with Crippen LogP contribution in [0, 0.1) is 17.1 Å². The Kier molecular flexibility index (Phi) is 7.38. The Hall–Kier alpha value is -3.51. The van der Waals surface area contributed by atoms with Crippen LogP contribution in [0.15, 0.2) is 65.4 Å². The van der Waals surface area contributed by atoms with E-state index in [-0.39, 0.29) is 11.8 Å². The van der Waals surface area contributed by atoms with Gasteiger partial charge in [-0.2, -0.15) is 5.26 Å². The highest BCUT2D eigenvalue weighted by molar-refractivity contribution is 9.10. The average Bonchev–Trinajstić information content (AvgIpc) is 3.21. The Morgan fingerprint density at radius 3 is 2.89 bits per heavy atom. The largest absolute Gasteiger partial charge is 0.333 e. The Morgan fingerprint density at radius 1 is 1.24 bits per heavy atom. The van der Waals surface area contributed by atoms with Crippen LogP contribution in [0.25, 0.3) is 17.0 Å². The van der Waals surface area contributed by atoms with Gasteiger partial charge in [-0.3, -0.25) is 9.47 Å². The molecule has 5 rings (SSSR count). The zero-order chi connectivity index (χ0) is 25.9. The quantitative estimate of drug-likeness (QED) is 0.282. The Morgan fingerprint density at radius 2 is 2.11 bits per heavy atom.